The van der Waals surface area contributed by atoms with Gasteiger partial charge in [-0.1, -0.05) is 43.6 Å². The third-order valence-electron chi connectivity index (χ3n) is 5.87. The molecule has 0 aromatic carbocycles. The third kappa shape index (κ3) is 6.71. The average molecular weight is 385 g/mol. The first-order chi connectivity index (χ1) is 12.5. The molecule has 3 N–H and O–H groups in total. The summed E-state index contributed by atoms with van der Waals surface area (Å²) < 4.78 is 0. The number of hydrogen-bond donors (Lipinski definition) is 3. The molecule has 5 heteroatoms. The van der Waals surface area contributed by atoms with Crippen molar-refractivity contribution in [1.29, 1.82) is 0 Å². The molecule has 0 spiro atoms. The molecule has 26 heavy (non-hydrogen) atoms. The van der Waals surface area contributed by atoms with Gasteiger partial charge < -0.3 is 15.3 Å². The Morgan fingerprint density at radius 2 is 1.92 bits per heavy atom. The zero-order valence-corrected chi connectivity index (χ0v) is 16.2. The van der Waals surface area contributed by atoms with Crippen molar-refractivity contribution in [3.63, 3.8) is 0 Å². The van der Waals surface area contributed by atoms with Crippen LogP contribution in [-0.2, 0) is 4.79 Å². The van der Waals surface area contributed by atoms with Gasteiger partial charge in [-0.05, 0) is 56.3 Å². The number of aliphatic carboxylic acids is 1. The molecule has 0 heterocycles. The van der Waals surface area contributed by atoms with Crippen LogP contribution in [0.2, 0.25) is 0 Å². The molecule has 2 rings (SSSR count). The van der Waals surface area contributed by atoms with Crippen LogP contribution < -0.4 is 0 Å². The highest BCUT2D eigenvalue weighted by molar-refractivity contribution is 6.21. The van der Waals surface area contributed by atoms with Crippen LogP contribution in [0, 0.1) is 17.8 Å². The van der Waals surface area contributed by atoms with Gasteiger partial charge in [0.15, 0.2) is 0 Å². The Morgan fingerprint density at radius 3 is 2.62 bits per heavy atom. The number of carboxylic acids is 1. The summed E-state index contributed by atoms with van der Waals surface area (Å²) in [4.78, 5) is 10.5. The molecule has 0 aliphatic heterocycles. The van der Waals surface area contributed by atoms with E-state index in [-0.39, 0.29) is 23.6 Å². The van der Waals surface area contributed by atoms with Crippen LogP contribution in [0.1, 0.15) is 64.2 Å². The summed E-state index contributed by atoms with van der Waals surface area (Å²) in [6.07, 6.45) is 15.8. The van der Waals surface area contributed by atoms with E-state index in [2.05, 4.69) is 0 Å². The van der Waals surface area contributed by atoms with Gasteiger partial charge >= 0.3 is 5.97 Å². The second kappa shape index (κ2) is 11.1. The standard InChI is InChI=1S/C21H33ClO4/c22-18-14-20(24)17(10-6-1-2-7-11-21(25)26)16(18)12-13-19(23)15-8-4-3-5-9-15/h1,6,12-13,15-20,23-24H,2-5,7-11,14H2,(H,25,26)/b6-1-,13-12+/t16-,17-,18-,19-,20+/m1/s1. The molecular formula is C21H33ClO4. The normalized spacial score (nSPS) is 31.8. The molecule has 0 amide bonds. The Kier molecular flexibility index (Phi) is 9.17. The molecule has 0 radical (unpaired) electrons. The Labute approximate surface area is 161 Å². The summed E-state index contributed by atoms with van der Waals surface area (Å²) in [5.41, 5.74) is 0. The number of unbranched alkanes of at least 4 members (excludes halogenated alkanes) is 1. The number of rotatable bonds is 9. The molecule has 2 saturated carbocycles. The SMILES string of the molecule is O=C(O)CCC/C=C\C[C@@H]1[C@@H](/C=C/[C@@H](O)C2CCCCC2)[C@H](Cl)C[C@@H]1O. The minimum absolute atomic E-state index is 0.0584. The van der Waals surface area contributed by atoms with Crippen LogP contribution in [0.25, 0.3) is 0 Å². The number of aliphatic hydroxyl groups excluding tert-OH is 2. The Balaban J connectivity index is 1.84. The minimum atomic E-state index is -0.767. The molecule has 0 unspecified atom stereocenters. The van der Waals surface area contributed by atoms with Gasteiger partial charge in [0.25, 0.3) is 0 Å². The highest BCUT2D eigenvalue weighted by Crippen LogP contribution is 2.39. The molecule has 2 fully saturated rings. The molecule has 4 nitrogen and oxygen atoms in total. The quantitative estimate of drug-likeness (QED) is 0.315. The summed E-state index contributed by atoms with van der Waals surface area (Å²) in [6, 6.07) is 0. The van der Waals surface area contributed by atoms with Crippen LogP contribution in [0.5, 0.6) is 0 Å². The van der Waals surface area contributed by atoms with Crippen LogP contribution in [-0.4, -0.2) is 38.9 Å². The monoisotopic (exact) mass is 384 g/mol. The lowest BCUT2D eigenvalue weighted by Crippen LogP contribution is -2.22. The molecule has 0 saturated heterocycles. The van der Waals surface area contributed by atoms with E-state index in [1.165, 1.54) is 19.3 Å². The van der Waals surface area contributed by atoms with E-state index < -0.39 is 18.2 Å². The van der Waals surface area contributed by atoms with E-state index >= 15 is 0 Å². The van der Waals surface area contributed by atoms with Crippen LogP contribution >= 0.6 is 11.6 Å². The van der Waals surface area contributed by atoms with Crippen molar-refractivity contribution in [3.8, 4) is 0 Å². The molecule has 0 aromatic heterocycles. The first-order valence-electron chi connectivity index (χ1n) is 10.0. The minimum Gasteiger partial charge on any atom is -0.481 e. The van der Waals surface area contributed by atoms with Gasteiger partial charge in [0, 0.05) is 11.8 Å². The maximum Gasteiger partial charge on any atom is 0.303 e. The van der Waals surface area contributed by atoms with Gasteiger partial charge in [0.05, 0.1) is 12.2 Å². The lowest BCUT2D eigenvalue weighted by Gasteiger charge is -2.25. The van der Waals surface area contributed by atoms with Gasteiger partial charge in [0.1, 0.15) is 0 Å². The number of aliphatic hydroxyl groups is 2. The van der Waals surface area contributed by atoms with E-state index in [1.54, 1.807) is 0 Å². The van der Waals surface area contributed by atoms with Gasteiger partial charge in [-0.2, -0.15) is 0 Å². The van der Waals surface area contributed by atoms with E-state index in [1.807, 2.05) is 24.3 Å². The van der Waals surface area contributed by atoms with Crippen LogP contribution in [0.4, 0.5) is 0 Å². The summed E-state index contributed by atoms with van der Waals surface area (Å²) in [5.74, 6) is -0.291. The zero-order valence-electron chi connectivity index (χ0n) is 15.5. The number of alkyl halides is 1. The van der Waals surface area contributed by atoms with Crippen LogP contribution in [0.3, 0.4) is 0 Å². The van der Waals surface area contributed by atoms with E-state index in [0.717, 1.165) is 25.7 Å². The lowest BCUT2D eigenvalue weighted by molar-refractivity contribution is -0.137. The fourth-order valence-corrected chi connectivity index (χ4v) is 4.74. The van der Waals surface area contributed by atoms with Crippen LogP contribution in [0.15, 0.2) is 24.3 Å². The van der Waals surface area contributed by atoms with Crippen molar-refractivity contribution >= 4 is 17.6 Å². The van der Waals surface area contributed by atoms with Crippen molar-refractivity contribution in [2.45, 2.75) is 81.8 Å². The van der Waals surface area contributed by atoms with E-state index in [0.29, 0.717) is 18.8 Å². The van der Waals surface area contributed by atoms with Crippen molar-refractivity contribution in [2.24, 2.45) is 17.8 Å². The first-order valence-corrected chi connectivity index (χ1v) is 10.5. The summed E-state index contributed by atoms with van der Waals surface area (Å²) in [5, 5.41) is 29.3. The predicted octanol–water partition coefficient (Wildman–Crippen LogP) is 4.29. The largest absolute Gasteiger partial charge is 0.481 e. The smallest absolute Gasteiger partial charge is 0.303 e. The van der Waals surface area contributed by atoms with Gasteiger partial charge in [-0.3, -0.25) is 4.79 Å². The Hall–Kier alpha value is -0.840. The molecule has 0 aromatic rings. The topological polar surface area (TPSA) is 77.8 Å². The van der Waals surface area contributed by atoms with Gasteiger partial charge in [0.2, 0.25) is 0 Å². The molecule has 2 aliphatic carbocycles. The molecule has 0 bridgehead atoms. The second-order valence-electron chi connectivity index (χ2n) is 7.83. The molecule has 148 valence electrons. The zero-order chi connectivity index (χ0) is 18.9. The first kappa shape index (κ1) is 21.5. The van der Waals surface area contributed by atoms with E-state index in [9.17, 15) is 15.0 Å². The van der Waals surface area contributed by atoms with Gasteiger partial charge in [-0.15, -0.1) is 11.6 Å². The Bertz CT molecular complexity index is 484. The highest BCUT2D eigenvalue weighted by Gasteiger charge is 2.39. The third-order valence-corrected chi connectivity index (χ3v) is 6.34. The number of carbonyl (C=O) groups is 1. The fourth-order valence-electron chi connectivity index (χ4n) is 4.28. The second-order valence-corrected chi connectivity index (χ2v) is 8.39. The summed E-state index contributed by atoms with van der Waals surface area (Å²) in [7, 11) is 0. The van der Waals surface area contributed by atoms with Crippen molar-refractivity contribution in [2.75, 3.05) is 0 Å². The van der Waals surface area contributed by atoms with Crippen molar-refractivity contribution < 1.29 is 20.1 Å². The number of allylic oxidation sites excluding steroid dienone is 3. The summed E-state index contributed by atoms with van der Waals surface area (Å²) >= 11 is 6.45. The summed E-state index contributed by atoms with van der Waals surface area (Å²) in [6.45, 7) is 0. The van der Waals surface area contributed by atoms with Gasteiger partial charge in [-0.25, -0.2) is 0 Å². The number of hydrogen-bond acceptors (Lipinski definition) is 3. The van der Waals surface area contributed by atoms with Crippen molar-refractivity contribution in [1.82, 2.24) is 0 Å². The number of halogens is 1. The fraction of sp³-hybridized carbons (Fsp3) is 0.762. The maximum absolute atomic E-state index is 10.5. The molecule has 5 atom stereocenters. The van der Waals surface area contributed by atoms with Crippen molar-refractivity contribution in [3.05, 3.63) is 24.3 Å². The average Bonchev–Trinajstić information content (AvgIpc) is 2.89. The van der Waals surface area contributed by atoms with E-state index in [4.69, 9.17) is 16.7 Å². The molecular weight excluding hydrogens is 352 g/mol. The maximum atomic E-state index is 10.5. The Morgan fingerprint density at radius 1 is 1.19 bits per heavy atom. The number of carboxylic acid groups (broad SMARTS) is 1. The predicted molar refractivity (Wildman–Crippen MR) is 104 cm³/mol. The highest BCUT2D eigenvalue weighted by atomic mass is 35.5. The lowest BCUT2D eigenvalue weighted by atomic mass is 9.84. The molecule has 2 aliphatic rings.